The Labute approximate surface area is 133 Å². The predicted octanol–water partition coefficient (Wildman–Crippen LogP) is 6.55. The van der Waals surface area contributed by atoms with Crippen molar-refractivity contribution in [3.8, 4) is 0 Å². The number of aliphatic hydroxyl groups excluding tert-OH is 1. The maximum atomic E-state index is 10.1. The van der Waals surface area contributed by atoms with Crippen LogP contribution in [0.4, 0.5) is 0 Å². The van der Waals surface area contributed by atoms with Crippen molar-refractivity contribution in [2.75, 3.05) is 0 Å². The van der Waals surface area contributed by atoms with Gasteiger partial charge in [-0.25, -0.2) is 0 Å². The molecule has 0 aromatic heterocycles. The Morgan fingerprint density at radius 3 is 2.10 bits per heavy atom. The molecule has 1 aliphatic carbocycles. The van der Waals surface area contributed by atoms with Crippen molar-refractivity contribution in [2.45, 2.75) is 116 Å². The van der Waals surface area contributed by atoms with Gasteiger partial charge in [0.05, 0.1) is 6.10 Å². The van der Waals surface area contributed by atoms with Crippen LogP contribution in [0.1, 0.15) is 110 Å². The molecule has 0 aromatic rings. The summed E-state index contributed by atoms with van der Waals surface area (Å²) in [7, 11) is 0. The third-order valence-electron chi connectivity index (χ3n) is 4.77. The van der Waals surface area contributed by atoms with Gasteiger partial charge in [0.2, 0.25) is 0 Å². The van der Waals surface area contributed by atoms with E-state index in [2.05, 4.69) is 13.0 Å². The van der Waals surface area contributed by atoms with E-state index in [1.807, 2.05) is 0 Å². The summed E-state index contributed by atoms with van der Waals surface area (Å²) in [4.78, 5) is 0. The zero-order valence-electron chi connectivity index (χ0n) is 14.4. The molecular formula is C20H38O. The van der Waals surface area contributed by atoms with Gasteiger partial charge >= 0.3 is 0 Å². The van der Waals surface area contributed by atoms with Gasteiger partial charge in [0.15, 0.2) is 0 Å². The van der Waals surface area contributed by atoms with Crippen molar-refractivity contribution in [2.24, 2.45) is 0 Å². The van der Waals surface area contributed by atoms with E-state index < -0.39 is 0 Å². The van der Waals surface area contributed by atoms with E-state index in [0.717, 1.165) is 12.8 Å². The van der Waals surface area contributed by atoms with Gasteiger partial charge in [0.1, 0.15) is 0 Å². The number of allylic oxidation sites excluding steroid dienone is 1. The number of hydrogen-bond acceptors (Lipinski definition) is 1. The summed E-state index contributed by atoms with van der Waals surface area (Å²) in [5.41, 5.74) is 1.51. The minimum atomic E-state index is -0.0802. The topological polar surface area (TPSA) is 20.2 Å². The second-order valence-electron chi connectivity index (χ2n) is 6.94. The fourth-order valence-corrected chi connectivity index (χ4v) is 3.36. The van der Waals surface area contributed by atoms with Gasteiger partial charge in [-0.05, 0) is 38.5 Å². The molecule has 0 radical (unpaired) electrons. The second-order valence-corrected chi connectivity index (χ2v) is 6.94. The third kappa shape index (κ3) is 11.0. The van der Waals surface area contributed by atoms with Gasteiger partial charge < -0.3 is 5.11 Å². The van der Waals surface area contributed by atoms with Crippen LogP contribution in [0.2, 0.25) is 0 Å². The molecule has 1 atom stereocenters. The van der Waals surface area contributed by atoms with E-state index >= 15 is 0 Å². The Balaban J connectivity index is 1.84. The Morgan fingerprint density at radius 2 is 1.52 bits per heavy atom. The minimum Gasteiger partial charge on any atom is -0.393 e. The summed E-state index contributed by atoms with van der Waals surface area (Å²) in [6.07, 6.45) is 23.1. The van der Waals surface area contributed by atoms with Crippen molar-refractivity contribution in [1.82, 2.24) is 0 Å². The van der Waals surface area contributed by atoms with Crippen molar-refractivity contribution in [1.29, 1.82) is 0 Å². The maximum absolute atomic E-state index is 10.1. The van der Waals surface area contributed by atoms with E-state index in [9.17, 15) is 5.11 Å². The first kappa shape index (κ1) is 18.7. The Kier molecular flexibility index (Phi) is 11.9. The van der Waals surface area contributed by atoms with Crippen LogP contribution in [0.25, 0.3) is 0 Å². The molecule has 0 fully saturated rings. The number of hydrogen-bond donors (Lipinski definition) is 1. The molecule has 1 heteroatoms. The molecule has 1 nitrogen and oxygen atoms in total. The van der Waals surface area contributed by atoms with Crippen LogP contribution in [0.3, 0.4) is 0 Å². The summed E-state index contributed by atoms with van der Waals surface area (Å²) in [5, 5.41) is 10.1. The van der Waals surface area contributed by atoms with Crippen LogP contribution < -0.4 is 0 Å². The average molecular weight is 295 g/mol. The van der Waals surface area contributed by atoms with Gasteiger partial charge in [-0.1, -0.05) is 82.8 Å². The van der Waals surface area contributed by atoms with E-state index in [1.54, 1.807) is 0 Å². The van der Waals surface area contributed by atoms with Gasteiger partial charge in [-0.3, -0.25) is 0 Å². The fraction of sp³-hybridized carbons (Fsp3) is 0.900. The fourth-order valence-electron chi connectivity index (χ4n) is 3.36. The first-order valence-corrected chi connectivity index (χ1v) is 9.69. The lowest BCUT2D eigenvalue weighted by molar-refractivity contribution is 0.159. The first-order chi connectivity index (χ1) is 10.3. The maximum Gasteiger partial charge on any atom is 0.0577 e. The summed E-state index contributed by atoms with van der Waals surface area (Å²) >= 11 is 0. The second kappa shape index (κ2) is 13.4. The van der Waals surface area contributed by atoms with E-state index in [-0.39, 0.29) is 6.10 Å². The number of rotatable bonds is 13. The third-order valence-corrected chi connectivity index (χ3v) is 4.77. The van der Waals surface area contributed by atoms with Crippen molar-refractivity contribution in [3.05, 3.63) is 11.6 Å². The van der Waals surface area contributed by atoms with Crippen LogP contribution in [-0.2, 0) is 0 Å². The van der Waals surface area contributed by atoms with Crippen LogP contribution in [0.15, 0.2) is 11.6 Å². The molecule has 0 bridgehead atoms. The molecule has 1 N–H and O–H groups in total. The molecule has 0 spiro atoms. The summed E-state index contributed by atoms with van der Waals surface area (Å²) in [5.74, 6) is 0. The van der Waals surface area contributed by atoms with Crippen molar-refractivity contribution in [3.63, 3.8) is 0 Å². The lowest BCUT2D eigenvalue weighted by Crippen LogP contribution is -2.09. The Morgan fingerprint density at radius 1 is 0.905 bits per heavy atom. The summed E-state index contributed by atoms with van der Waals surface area (Å²) in [6, 6.07) is 0. The summed E-state index contributed by atoms with van der Waals surface area (Å²) < 4.78 is 0. The molecule has 0 aromatic carbocycles. The van der Waals surface area contributed by atoms with Gasteiger partial charge in [0, 0.05) is 0 Å². The molecule has 0 heterocycles. The summed E-state index contributed by atoms with van der Waals surface area (Å²) in [6.45, 7) is 2.28. The monoisotopic (exact) mass is 294 g/mol. The molecule has 0 amide bonds. The van der Waals surface area contributed by atoms with Gasteiger partial charge in [0.25, 0.3) is 0 Å². The number of aliphatic hydroxyl groups is 1. The lowest BCUT2D eigenvalue weighted by atomic mass is 9.93. The predicted molar refractivity (Wildman–Crippen MR) is 93.6 cm³/mol. The molecule has 0 saturated heterocycles. The molecule has 124 valence electrons. The van der Waals surface area contributed by atoms with Crippen molar-refractivity contribution >= 4 is 0 Å². The standard InChI is InChI=1S/C20H38O/c1-2-3-4-5-6-7-8-9-10-14-17-20(21)18-19-15-12-11-13-16-19/h15,20-21H,2-14,16-18H2,1H3. The van der Waals surface area contributed by atoms with Gasteiger partial charge in [-0.2, -0.15) is 0 Å². The highest BCUT2D eigenvalue weighted by Gasteiger charge is 2.09. The molecule has 0 saturated carbocycles. The zero-order chi connectivity index (χ0) is 15.2. The highest BCUT2D eigenvalue weighted by molar-refractivity contribution is 5.06. The largest absolute Gasteiger partial charge is 0.393 e. The molecule has 21 heavy (non-hydrogen) atoms. The average Bonchev–Trinajstić information content (AvgIpc) is 2.50. The molecule has 1 rings (SSSR count). The Bertz CT molecular complexity index is 257. The smallest absolute Gasteiger partial charge is 0.0577 e. The molecule has 0 aliphatic heterocycles. The first-order valence-electron chi connectivity index (χ1n) is 9.69. The van der Waals surface area contributed by atoms with E-state index in [1.165, 1.54) is 95.5 Å². The van der Waals surface area contributed by atoms with Crippen LogP contribution >= 0.6 is 0 Å². The molecular weight excluding hydrogens is 256 g/mol. The number of unbranched alkanes of at least 4 members (excludes halogenated alkanes) is 9. The van der Waals surface area contributed by atoms with Crippen molar-refractivity contribution < 1.29 is 5.11 Å². The zero-order valence-corrected chi connectivity index (χ0v) is 14.4. The van der Waals surface area contributed by atoms with E-state index in [0.29, 0.717) is 0 Å². The Hall–Kier alpha value is -0.300. The van der Waals surface area contributed by atoms with E-state index in [4.69, 9.17) is 0 Å². The normalized spacial score (nSPS) is 16.8. The lowest BCUT2D eigenvalue weighted by Gasteiger charge is -2.16. The highest BCUT2D eigenvalue weighted by Crippen LogP contribution is 2.23. The van der Waals surface area contributed by atoms with Crippen LogP contribution in [-0.4, -0.2) is 11.2 Å². The molecule has 1 aliphatic rings. The SMILES string of the molecule is CCCCCCCCCCCCC(O)CC1=CCCCC1. The molecule has 1 unspecified atom stereocenters. The van der Waals surface area contributed by atoms with Gasteiger partial charge in [-0.15, -0.1) is 0 Å². The highest BCUT2D eigenvalue weighted by atomic mass is 16.3. The van der Waals surface area contributed by atoms with Crippen LogP contribution in [0.5, 0.6) is 0 Å². The minimum absolute atomic E-state index is 0.0802. The van der Waals surface area contributed by atoms with Crippen LogP contribution in [0, 0.1) is 0 Å². The quantitative estimate of drug-likeness (QED) is 0.302.